The molecule has 5 heteroatoms. The molecule has 0 bridgehead atoms. The second-order valence-electron chi connectivity index (χ2n) is 2.78. The Bertz CT molecular complexity index is 510. The second kappa shape index (κ2) is 2.95. The van der Waals surface area contributed by atoms with Crippen LogP contribution in [0.2, 0.25) is 0 Å². The van der Waals surface area contributed by atoms with Crippen LogP contribution in [-0.2, 0) is 0 Å². The van der Waals surface area contributed by atoms with E-state index in [2.05, 4.69) is 9.97 Å². The fourth-order valence-electron chi connectivity index (χ4n) is 1.20. The van der Waals surface area contributed by atoms with Crippen molar-refractivity contribution in [2.75, 3.05) is 5.73 Å². The number of rotatable bonds is 1. The number of nitrogens with two attached hydrogens (primary N) is 1. The van der Waals surface area contributed by atoms with Crippen LogP contribution in [0.4, 0.5) is 5.82 Å². The lowest BCUT2D eigenvalue weighted by atomic mass is 10.1. The van der Waals surface area contributed by atoms with Gasteiger partial charge in [0.15, 0.2) is 0 Å². The molecular weight excluding hydrogens is 182 g/mol. The van der Waals surface area contributed by atoms with Gasteiger partial charge >= 0.3 is 0 Å². The van der Waals surface area contributed by atoms with Gasteiger partial charge in [-0.2, -0.15) is 0 Å². The Kier molecular flexibility index (Phi) is 1.78. The van der Waals surface area contributed by atoms with Gasteiger partial charge in [0.1, 0.15) is 12.1 Å². The summed E-state index contributed by atoms with van der Waals surface area (Å²) in [4.78, 5) is 18.2. The molecule has 2 aromatic rings. The van der Waals surface area contributed by atoms with E-state index in [1.54, 1.807) is 6.07 Å². The number of anilines is 1. The quantitative estimate of drug-likeness (QED) is 0.655. The van der Waals surface area contributed by atoms with Gasteiger partial charge in [0.25, 0.3) is 0 Å². The summed E-state index contributed by atoms with van der Waals surface area (Å²) in [6, 6.07) is 4.38. The first kappa shape index (κ1) is 8.43. The summed E-state index contributed by atoms with van der Waals surface area (Å²) in [6.07, 6.45) is 1.29. The van der Waals surface area contributed by atoms with E-state index in [0.717, 1.165) is 0 Å². The molecule has 0 aliphatic carbocycles. The van der Waals surface area contributed by atoms with E-state index in [9.17, 15) is 9.90 Å². The summed E-state index contributed by atoms with van der Waals surface area (Å²) in [5, 5.41) is 11.2. The standard InChI is InChI=1S/C9H7N3O2/c10-8-6-2-1-5(9(13)14)3-7(6)11-4-12-8/h1-4H,(H,13,14)(H2,10,11,12)/p-1. The number of aromatic carboxylic acids is 1. The summed E-state index contributed by atoms with van der Waals surface area (Å²) >= 11 is 0. The van der Waals surface area contributed by atoms with Crippen LogP contribution in [0.25, 0.3) is 10.9 Å². The predicted octanol–water partition coefficient (Wildman–Crippen LogP) is -0.425. The van der Waals surface area contributed by atoms with Crippen LogP contribution in [0.1, 0.15) is 10.4 Å². The van der Waals surface area contributed by atoms with Crippen LogP contribution in [0.3, 0.4) is 0 Å². The molecule has 5 nitrogen and oxygen atoms in total. The number of hydrogen-bond donors (Lipinski definition) is 1. The molecule has 0 atom stereocenters. The number of nitrogens with zero attached hydrogens (tertiary/aromatic N) is 2. The lowest BCUT2D eigenvalue weighted by Gasteiger charge is -2.04. The van der Waals surface area contributed by atoms with E-state index in [-0.39, 0.29) is 5.56 Å². The van der Waals surface area contributed by atoms with Crippen molar-refractivity contribution >= 4 is 22.7 Å². The molecule has 0 radical (unpaired) electrons. The monoisotopic (exact) mass is 188 g/mol. The maximum atomic E-state index is 10.5. The zero-order valence-corrected chi connectivity index (χ0v) is 7.10. The van der Waals surface area contributed by atoms with Crippen molar-refractivity contribution in [3.63, 3.8) is 0 Å². The van der Waals surface area contributed by atoms with Gasteiger partial charge in [-0.25, -0.2) is 9.97 Å². The molecule has 0 saturated heterocycles. The minimum atomic E-state index is -1.23. The molecule has 0 saturated carbocycles. The average Bonchev–Trinajstić information content (AvgIpc) is 2.17. The molecular formula is C9H6N3O2-. The lowest BCUT2D eigenvalue weighted by Crippen LogP contribution is -2.22. The summed E-state index contributed by atoms with van der Waals surface area (Å²) < 4.78 is 0. The van der Waals surface area contributed by atoms with Crippen LogP contribution in [-0.4, -0.2) is 15.9 Å². The average molecular weight is 188 g/mol. The first-order valence-electron chi connectivity index (χ1n) is 3.90. The number of carbonyl (C=O) groups excluding carboxylic acids is 1. The molecule has 0 fully saturated rings. The summed E-state index contributed by atoms with van der Waals surface area (Å²) in [6.45, 7) is 0. The highest BCUT2D eigenvalue weighted by molar-refractivity contribution is 5.94. The highest BCUT2D eigenvalue weighted by Gasteiger charge is 2.01. The van der Waals surface area contributed by atoms with E-state index in [0.29, 0.717) is 16.7 Å². The Morgan fingerprint density at radius 3 is 2.86 bits per heavy atom. The molecule has 2 rings (SSSR count). The van der Waals surface area contributed by atoms with E-state index in [1.165, 1.54) is 18.5 Å². The second-order valence-corrected chi connectivity index (χ2v) is 2.78. The Hall–Kier alpha value is -2.17. The fraction of sp³-hybridized carbons (Fsp3) is 0. The third-order valence-corrected chi connectivity index (χ3v) is 1.90. The molecule has 0 amide bonds. The minimum absolute atomic E-state index is 0.0793. The number of carbonyl (C=O) groups is 1. The molecule has 0 spiro atoms. The smallest absolute Gasteiger partial charge is 0.134 e. The van der Waals surface area contributed by atoms with Crippen molar-refractivity contribution in [3.8, 4) is 0 Å². The number of benzene rings is 1. The van der Waals surface area contributed by atoms with Crippen LogP contribution in [0, 0.1) is 0 Å². The van der Waals surface area contributed by atoms with Gasteiger partial charge in [-0.1, -0.05) is 6.07 Å². The molecule has 14 heavy (non-hydrogen) atoms. The molecule has 70 valence electrons. The van der Waals surface area contributed by atoms with Gasteiger partial charge < -0.3 is 15.6 Å². The van der Waals surface area contributed by atoms with E-state index >= 15 is 0 Å². The predicted molar refractivity (Wildman–Crippen MR) is 48.3 cm³/mol. The van der Waals surface area contributed by atoms with Crippen molar-refractivity contribution in [2.45, 2.75) is 0 Å². The first-order valence-corrected chi connectivity index (χ1v) is 3.90. The third kappa shape index (κ3) is 1.24. The van der Waals surface area contributed by atoms with Crippen molar-refractivity contribution in [2.24, 2.45) is 0 Å². The molecule has 1 heterocycles. The SMILES string of the molecule is Nc1ncnc2cc(C(=O)[O-])ccc12. The topological polar surface area (TPSA) is 91.9 Å². The molecule has 0 aliphatic rings. The van der Waals surface area contributed by atoms with Crippen molar-refractivity contribution in [1.29, 1.82) is 0 Å². The number of carboxylic acids is 1. The van der Waals surface area contributed by atoms with Crippen molar-refractivity contribution in [3.05, 3.63) is 30.1 Å². The summed E-state index contributed by atoms with van der Waals surface area (Å²) in [7, 11) is 0. The minimum Gasteiger partial charge on any atom is -0.545 e. The number of fused-ring (bicyclic) bond motifs is 1. The first-order chi connectivity index (χ1) is 6.68. The van der Waals surface area contributed by atoms with E-state index in [1.807, 2.05) is 0 Å². The Morgan fingerprint density at radius 1 is 1.36 bits per heavy atom. The highest BCUT2D eigenvalue weighted by atomic mass is 16.4. The normalized spacial score (nSPS) is 10.3. The van der Waals surface area contributed by atoms with Gasteiger partial charge in [0.2, 0.25) is 0 Å². The zero-order chi connectivity index (χ0) is 10.1. The molecule has 1 aromatic heterocycles. The van der Waals surface area contributed by atoms with Crippen LogP contribution >= 0.6 is 0 Å². The maximum Gasteiger partial charge on any atom is 0.134 e. The number of hydrogen-bond acceptors (Lipinski definition) is 5. The molecule has 0 unspecified atom stereocenters. The fourth-order valence-corrected chi connectivity index (χ4v) is 1.20. The number of carboxylic acid groups (broad SMARTS) is 1. The van der Waals surface area contributed by atoms with Crippen LogP contribution in [0.5, 0.6) is 0 Å². The molecule has 2 N–H and O–H groups in total. The number of nitrogen functional groups attached to an aromatic ring is 1. The third-order valence-electron chi connectivity index (χ3n) is 1.90. The van der Waals surface area contributed by atoms with Gasteiger partial charge in [0.05, 0.1) is 11.5 Å². The Morgan fingerprint density at radius 2 is 2.14 bits per heavy atom. The highest BCUT2D eigenvalue weighted by Crippen LogP contribution is 2.17. The van der Waals surface area contributed by atoms with Crippen LogP contribution < -0.4 is 10.8 Å². The maximum absolute atomic E-state index is 10.5. The largest absolute Gasteiger partial charge is 0.545 e. The van der Waals surface area contributed by atoms with Gasteiger partial charge in [0, 0.05) is 5.39 Å². The molecule has 1 aromatic carbocycles. The van der Waals surface area contributed by atoms with Crippen molar-refractivity contribution < 1.29 is 9.90 Å². The van der Waals surface area contributed by atoms with Gasteiger partial charge in [-0.3, -0.25) is 0 Å². The summed E-state index contributed by atoms with van der Waals surface area (Å²) in [5.74, 6) is -0.899. The van der Waals surface area contributed by atoms with Crippen LogP contribution in [0.15, 0.2) is 24.5 Å². The zero-order valence-electron chi connectivity index (χ0n) is 7.10. The molecule has 0 aliphatic heterocycles. The van der Waals surface area contributed by atoms with E-state index < -0.39 is 5.97 Å². The number of aromatic nitrogens is 2. The van der Waals surface area contributed by atoms with Crippen molar-refractivity contribution in [1.82, 2.24) is 9.97 Å². The lowest BCUT2D eigenvalue weighted by molar-refractivity contribution is -0.255. The van der Waals surface area contributed by atoms with E-state index in [4.69, 9.17) is 5.73 Å². The van der Waals surface area contributed by atoms with Gasteiger partial charge in [-0.05, 0) is 17.7 Å². The Balaban J connectivity index is 2.73. The Labute approximate surface area is 79.2 Å². The van der Waals surface area contributed by atoms with Gasteiger partial charge in [-0.15, -0.1) is 0 Å². The summed E-state index contributed by atoms with van der Waals surface area (Å²) in [5.41, 5.74) is 6.15.